The predicted octanol–water partition coefficient (Wildman–Crippen LogP) is 5.18. The summed E-state index contributed by atoms with van der Waals surface area (Å²) in [5, 5.41) is 0. The van der Waals surface area contributed by atoms with E-state index in [4.69, 9.17) is 9.47 Å². The van der Waals surface area contributed by atoms with Crippen molar-refractivity contribution in [2.75, 3.05) is 6.61 Å². The van der Waals surface area contributed by atoms with Gasteiger partial charge >= 0.3 is 5.97 Å². The Balaban J connectivity index is 2.34. The van der Waals surface area contributed by atoms with Crippen molar-refractivity contribution in [1.82, 2.24) is 0 Å². The first kappa shape index (κ1) is 20.2. The van der Waals surface area contributed by atoms with E-state index in [0.29, 0.717) is 6.61 Å². The number of carbonyl (C=O) groups is 1. The Morgan fingerprint density at radius 3 is 2.04 bits per heavy atom. The molecule has 0 saturated carbocycles. The van der Waals surface area contributed by atoms with Gasteiger partial charge < -0.3 is 9.47 Å². The van der Waals surface area contributed by atoms with Crippen LogP contribution in [0.15, 0.2) is 48.5 Å². The summed E-state index contributed by atoms with van der Waals surface area (Å²) in [6.07, 6.45) is 0.728. The van der Waals surface area contributed by atoms with Crippen LogP contribution in [0.3, 0.4) is 0 Å². The molecule has 0 radical (unpaired) electrons. The van der Waals surface area contributed by atoms with Crippen molar-refractivity contribution < 1.29 is 14.3 Å². The van der Waals surface area contributed by atoms with Crippen LogP contribution in [0.2, 0.25) is 0 Å². The van der Waals surface area contributed by atoms with Crippen LogP contribution in [0, 0.1) is 6.92 Å². The Morgan fingerprint density at radius 1 is 1.00 bits per heavy atom. The van der Waals surface area contributed by atoms with Gasteiger partial charge in [0.15, 0.2) is 6.29 Å². The van der Waals surface area contributed by atoms with Gasteiger partial charge in [-0.1, -0.05) is 67.9 Å². The van der Waals surface area contributed by atoms with E-state index >= 15 is 0 Å². The lowest BCUT2D eigenvalue weighted by molar-refractivity contribution is -0.174. The number of rotatable bonds is 8. The number of ether oxygens (including phenoxy) is 2. The molecule has 3 nitrogen and oxygen atoms in total. The third-order valence-electron chi connectivity index (χ3n) is 4.88. The molecule has 140 valence electrons. The number of benzene rings is 2. The quantitative estimate of drug-likeness (QED) is 0.484. The van der Waals surface area contributed by atoms with Gasteiger partial charge in [-0.05, 0) is 43.9 Å². The fraction of sp³-hybridized carbons (Fsp3) is 0.435. The molecule has 0 bridgehead atoms. The maximum atomic E-state index is 12.6. The topological polar surface area (TPSA) is 35.5 Å². The average molecular weight is 354 g/mol. The number of hydrogen-bond acceptors (Lipinski definition) is 3. The number of hydrogen-bond donors (Lipinski definition) is 0. The van der Waals surface area contributed by atoms with E-state index in [1.807, 2.05) is 6.92 Å². The maximum absolute atomic E-state index is 12.6. The summed E-state index contributed by atoms with van der Waals surface area (Å²) in [5.74, 6) is -0.256. The average Bonchev–Trinajstić information content (AvgIpc) is 2.62. The van der Waals surface area contributed by atoms with Crippen molar-refractivity contribution in [3.8, 4) is 0 Å². The lowest BCUT2D eigenvalue weighted by Crippen LogP contribution is -2.30. The summed E-state index contributed by atoms with van der Waals surface area (Å²) in [5.41, 5.74) is 4.24. The summed E-state index contributed by atoms with van der Waals surface area (Å²) in [6.45, 7) is 10.5. The molecule has 0 spiro atoms. The Bertz CT molecular complexity index is 703. The van der Waals surface area contributed by atoms with Crippen LogP contribution in [0.1, 0.15) is 56.4 Å². The highest BCUT2D eigenvalue weighted by molar-refractivity contribution is 5.73. The molecule has 0 fully saturated rings. The number of carbonyl (C=O) groups excluding carboxylic acids is 1. The zero-order valence-corrected chi connectivity index (χ0v) is 16.5. The third kappa shape index (κ3) is 4.95. The summed E-state index contributed by atoms with van der Waals surface area (Å²) in [6, 6.07) is 16.9. The summed E-state index contributed by atoms with van der Waals surface area (Å²) < 4.78 is 10.8. The van der Waals surface area contributed by atoms with Gasteiger partial charge in [-0.3, -0.25) is 4.79 Å². The van der Waals surface area contributed by atoms with Gasteiger partial charge in [0.05, 0.1) is 6.42 Å². The minimum absolute atomic E-state index is 0.256. The molecule has 0 aliphatic rings. The first-order chi connectivity index (χ1) is 12.4. The molecule has 2 atom stereocenters. The first-order valence-corrected chi connectivity index (χ1v) is 9.36. The Kier molecular flexibility index (Phi) is 6.98. The molecule has 0 saturated heterocycles. The minimum atomic E-state index is -0.530. The summed E-state index contributed by atoms with van der Waals surface area (Å²) >= 11 is 0. The predicted molar refractivity (Wildman–Crippen MR) is 105 cm³/mol. The third-order valence-corrected chi connectivity index (χ3v) is 4.88. The summed E-state index contributed by atoms with van der Waals surface area (Å²) in [7, 11) is 0. The van der Waals surface area contributed by atoms with E-state index in [-0.39, 0.29) is 12.4 Å². The second kappa shape index (κ2) is 9.00. The van der Waals surface area contributed by atoms with Crippen LogP contribution >= 0.6 is 0 Å². The SMILES string of the molecule is CCOC(C)OC(=O)CC(C)(c1ccc(C)cc1)c1ccc(CC)cc1. The molecule has 0 heterocycles. The highest BCUT2D eigenvalue weighted by Gasteiger charge is 2.33. The zero-order chi connectivity index (χ0) is 19.2. The van der Waals surface area contributed by atoms with Crippen molar-refractivity contribution in [2.24, 2.45) is 0 Å². The number of esters is 1. The molecule has 0 amide bonds. The molecule has 2 aromatic carbocycles. The van der Waals surface area contributed by atoms with Crippen LogP contribution in [0.5, 0.6) is 0 Å². The second-order valence-corrected chi connectivity index (χ2v) is 6.94. The van der Waals surface area contributed by atoms with E-state index in [2.05, 4.69) is 69.3 Å². The van der Waals surface area contributed by atoms with Gasteiger partial charge in [-0.25, -0.2) is 0 Å². The molecule has 0 N–H and O–H groups in total. The van der Waals surface area contributed by atoms with Crippen LogP contribution < -0.4 is 0 Å². The lowest BCUT2D eigenvalue weighted by Gasteiger charge is -2.31. The van der Waals surface area contributed by atoms with E-state index in [0.717, 1.165) is 17.5 Å². The van der Waals surface area contributed by atoms with Crippen molar-refractivity contribution >= 4 is 5.97 Å². The molecule has 0 aromatic heterocycles. The first-order valence-electron chi connectivity index (χ1n) is 9.36. The number of aryl methyl sites for hydroxylation is 2. The highest BCUT2D eigenvalue weighted by atomic mass is 16.7. The van der Waals surface area contributed by atoms with E-state index in [1.54, 1.807) is 6.92 Å². The fourth-order valence-electron chi connectivity index (χ4n) is 3.18. The standard InChI is InChI=1S/C23H30O3/c1-6-19-10-14-21(15-11-19)23(5,20-12-8-17(3)9-13-20)16-22(24)26-18(4)25-7-2/h8-15,18H,6-7,16H2,1-5H3. The molecule has 2 unspecified atom stereocenters. The highest BCUT2D eigenvalue weighted by Crippen LogP contribution is 2.36. The molecule has 0 aliphatic carbocycles. The van der Waals surface area contributed by atoms with Crippen LogP contribution in [0.4, 0.5) is 0 Å². The molecule has 3 heteroatoms. The normalized spacial score (nSPS) is 14.5. The van der Waals surface area contributed by atoms with Gasteiger partial charge in [0.1, 0.15) is 0 Å². The van der Waals surface area contributed by atoms with Crippen molar-refractivity contribution in [1.29, 1.82) is 0 Å². The molecular formula is C23H30O3. The maximum Gasteiger partial charge on any atom is 0.309 e. The Labute approximate surface area is 157 Å². The van der Waals surface area contributed by atoms with Gasteiger partial charge in [-0.2, -0.15) is 0 Å². The van der Waals surface area contributed by atoms with Gasteiger partial charge in [0, 0.05) is 12.0 Å². The van der Waals surface area contributed by atoms with E-state index in [1.165, 1.54) is 11.1 Å². The summed E-state index contributed by atoms with van der Waals surface area (Å²) in [4.78, 5) is 12.6. The van der Waals surface area contributed by atoms with Gasteiger partial charge in [-0.15, -0.1) is 0 Å². The molecular weight excluding hydrogens is 324 g/mol. The minimum Gasteiger partial charge on any atom is -0.436 e. The molecule has 2 aromatic rings. The monoisotopic (exact) mass is 354 g/mol. The smallest absolute Gasteiger partial charge is 0.309 e. The van der Waals surface area contributed by atoms with Gasteiger partial charge in [0.25, 0.3) is 0 Å². The Hall–Kier alpha value is -2.13. The molecule has 26 heavy (non-hydrogen) atoms. The largest absolute Gasteiger partial charge is 0.436 e. The van der Waals surface area contributed by atoms with E-state index < -0.39 is 11.7 Å². The van der Waals surface area contributed by atoms with Crippen LogP contribution in [0.25, 0.3) is 0 Å². The van der Waals surface area contributed by atoms with Crippen LogP contribution in [-0.2, 0) is 26.1 Å². The van der Waals surface area contributed by atoms with Crippen molar-refractivity contribution in [2.45, 2.75) is 59.2 Å². The molecule has 2 rings (SSSR count). The van der Waals surface area contributed by atoms with Crippen LogP contribution in [-0.4, -0.2) is 18.9 Å². The second-order valence-electron chi connectivity index (χ2n) is 6.94. The van der Waals surface area contributed by atoms with Crippen molar-refractivity contribution in [3.05, 3.63) is 70.8 Å². The van der Waals surface area contributed by atoms with Crippen molar-refractivity contribution in [3.63, 3.8) is 0 Å². The van der Waals surface area contributed by atoms with E-state index in [9.17, 15) is 4.79 Å². The lowest BCUT2D eigenvalue weighted by atomic mass is 9.73. The van der Waals surface area contributed by atoms with Gasteiger partial charge in [0.2, 0.25) is 0 Å². The molecule has 0 aliphatic heterocycles. The fourth-order valence-corrected chi connectivity index (χ4v) is 3.18. The Morgan fingerprint density at radius 2 is 1.54 bits per heavy atom. The zero-order valence-electron chi connectivity index (χ0n) is 16.5.